The van der Waals surface area contributed by atoms with Crippen molar-refractivity contribution >= 4 is 5.96 Å². The molecule has 1 N–H and O–H groups in total. The summed E-state index contributed by atoms with van der Waals surface area (Å²) in [6.45, 7) is 8.74. The Morgan fingerprint density at radius 1 is 1.33 bits per heavy atom. The van der Waals surface area contributed by atoms with Gasteiger partial charge in [-0.15, -0.1) is 0 Å². The maximum Gasteiger partial charge on any atom is 0.193 e. The van der Waals surface area contributed by atoms with Crippen molar-refractivity contribution in [3.63, 3.8) is 0 Å². The van der Waals surface area contributed by atoms with Crippen molar-refractivity contribution in [1.29, 1.82) is 0 Å². The molecule has 128 valence electrons. The van der Waals surface area contributed by atoms with Crippen LogP contribution in [0, 0.1) is 6.92 Å². The molecule has 0 amide bonds. The summed E-state index contributed by atoms with van der Waals surface area (Å²) in [6, 6.07) is 10.8. The number of aryl methyl sites for hydroxylation is 1. The van der Waals surface area contributed by atoms with Crippen molar-refractivity contribution in [3.8, 4) is 0 Å². The van der Waals surface area contributed by atoms with Gasteiger partial charge < -0.3 is 10.2 Å². The Labute approximate surface area is 144 Å². The Morgan fingerprint density at radius 3 is 2.88 bits per heavy atom. The average Bonchev–Trinajstić information content (AvgIpc) is 3.24. The lowest BCUT2D eigenvalue weighted by Crippen LogP contribution is -2.40. The summed E-state index contributed by atoms with van der Waals surface area (Å²) in [4.78, 5) is 7.18. The third-order valence-electron chi connectivity index (χ3n) is 4.45. The van der Waals surface area contributed by atoms with Crippen LogP contribution in [-0.4, -0.2) is 46.8 Å². The number of guanidine groups is 1. The van der Waals surface area contributed by atoms with Gasteiger partial charge in [0.25, 0.3) is 0 Å². The number of nitrogens with zero attached hydrogens (tertiary/aromatic N) is 4. The molecule has 5 heteroatoms. The van der Waals surface area contributed by atoms with Crippen molar-refractivity contribution < 1.29 is 0 Å². The molecule has 1 aromatic heterocycles. The molecule has 1 aromatic carbocycles. The number of benzene rings is 1. The Balaban J connectivity index is 1.59. The highest BCUT2D eigenvalue weighted by molar-refractivity contribution is 5.80. The molecule has 1 aliphatic rings. The minimum absolute atomic E-state index is 0.601. The molecule has 2 heterocycles. The zero-order valence-electron chi connectivity index (χ0n) is 14.7. The highest BCUT2D eigenvalue weighted by atomic mass is 15.3. The smallest absolute Gasteiger partial charge is 0.193 e. The monoisotopic (exact) mass is 325 g/mol. The van der Waals surface area contributed by atoms with Crippen LogP contribution in [0.25, 0.3) is 0 Å². The minimum atomic E-state index is 0.601. The molecular formula is C19H27N5. The van der Waals surface area contributed by atoms with Gasteiger partial charge in [-0.1, -0.05) is 30.3 Å². The Kier molecular flexibility index (Phi) is 5.51. The van der Waals surface area contributed by atoms with Crippen LogP contribution in [0.2, 0.25) is 0 Å². The first-order valence-electron chi connectivity index (χ1n) is 8.83. The quantitative estimate of drug-likeness (QED) is 0.679. The topological polar surface area (TPSA) is 45.5 Å². The standard InChI is InChI=1S/C19H27N5/c1-3-20-19(21-10-12-24-14-16(2)13-22-24)23-11-9-18(15-23)17-7-5-4-6-8-17/h4-8,13-14,18H,3,9-12,15H2,1-2H3,(H,20,21). The van der Waals surface area contributed by atoms with E-state index in [4.69, 9.17) is 4.99 Å². The molecule has 5 nitrogen and oxygen atoms in total. The number of aliphatic imine (C=N–C) groups is 1. The van der Waals surface area contributed by atoms with Gasteiger partial charge >= 0.3 is 0 Å². The first-order chi connectivity index (χ1) is 11.8. The van der Waals surface area contributed by atoms with E-state index >= 15 is 0 Å². The van der Waals surface area contributed by atoms with E-state index in [9.17, 15) is 0 Å². The van der Waals surface area contributed by atoms with Gasteiger partial charge in [-0.3, -0.25) is 9.67 Å². The lowest BCUT2D eigenvalue weighted by atomic mass is 9.99. The van der Waals surface area contributed by atoms with Crippen molar-refractivity contribution in [3.05, 3.63) is 53.9 Å². The fraction of sp³-hybridized carbons (Fsp3) is 0.474. The summed E-state index contributed by atoms with van der Waals surface area (Å²) in [6.07, 6.45) is 5.14. The fourth-order valence-electron chi connectivity index (χ4n) is 3.22. The van der Waals surface area contributed by atoms with Gasteiger partial charge in [0.15, 0.2) is 5.96 Å². The average molecular weight is 325 g/mol. The van der Waals surface area contributed by atoms with Gasteiger partial charge in [-0.25, -0.2) is 0 Å². The van der Waals surface area contributed by atoms with Gasteiger partial charge in [-0.05, 0) is 31.4 Å². The van der Waals surface area contributed by atoms with Crippen molar-refractivity contribution in [2.24, 2.45) is 4.99 Å². The molecule has 0 spiro atoms. The zero-order chi connectivity index (χ0) is 16.8. The maximum absolute atomic E-state index is 4.80. The summed E-state index contributed by atoms with van der Waals surface area (Å²) >= 11 is 0. The van der Waals surface area contributed by atoms with Crippen LogP contribution in [0.1, 0.15) is 30.4 Å². The number of likely N-dealkylation sites (tertiary alicyclic amines) is 1. The van der Waals surface area contributed by atoms with Crippen molar-refractivity contribution in [1.82, 2.24) is 20.0 Å². The zero-order valence-corrected chi connectivity index (χ0v) is 14.7. The van der Waals surface area contributed by atoms with Gasteiger partial charge in [-0.2, -0.15) is 5.10 Å². The minimum Gasteiger partial charge on any atom is -0.357 e. The highest BCUT2D eigenvalue weighted by Crippen LogP contribution is 2.26. The van der Waals surface area contributed by atoms with E-state index in [1.54, 1.807) is 0 Å². The Morgan fingerprint density at radius 2 is 2.17 bits per heavy atom. The molecule has 3 rings (SSSR count). The molecule has 0 bridgehead atoms. The Hall–Kier alpha value is -2.30. The lowest BCUT2D eigenvalue weighted by molar-refractivity contribution is 0.483. The maximum atomic E-state index is 4.80. The van der Waals surface area contributed by atoms with E-state index in [1.165, 1.54) is 17.5 Å². The molecule has 0 radical (unpaired) electrons. The first-order valence-corrected chi connectivity index (χ1v) is 8.83. The number of aromatic nitrogens is 2. The third-order valence-corrected chi connectivity index (χ3v) is 4.45. The van der Waals surface area contributed by atoms with Crippen LogP contribution in [0.15, 0.2) is 47.7 Å². The van der Waals surface area contributed by atoms with E-state index in [-0.39, 0.29) is 0 Å². The van der Waals surface area contributed by atoms with Gasteiger partial charge in [0.05, 0.1) is 19.3 Å². The summed E-state index contributed by atoms with van der Waals surface area (Å²) < 4.78 is 1.96. The second kappa shape index (κ2) is 7.99. The molecule has 1 aliphatic heterocycles. The van der Waals surface area contributed by atoms with Crippen LogP contribution in [0.3, 0.4) is 0 Å². The molecule has 0 aliphatic carbocycles. The largest absolute Gasteiger partial charge is 0.357 e. The molecule has 24 heavy (non-hydrogen) atoms. The molecule has 2 aromatic rings. The predicted molar refractivity (Wildman–Crippen MR) is 98.3 cm³/mol. The van der Waals surface area contributed by atoms with Crippen LogP contribution < -0.4 is 5.32 Å². The molecule has 0 saturated carbocycles. The van der Waals surface area contributed by atoms with E-state index in [1.807, 2.05) is 10.9 Å². The summed E-state index contributed by atoms with van der Waals surface area (Å²) in [5.74, 6) is 1.63. The normalized spacial score (nSPS) is 18.2. The molecule has 1 unspecified atom stereocenters. The van der Waals surface area contributed by atoms with Crippen LogP contribution in [-0.2, 0) is 6.54 Å². The van der Waals surface area contributed by atoms with Gasteiger partial charge in [0.2, 0.25) is 0 Å². The Bertz CT molecular complexity index is 661. The SMILES string of the molecule is CCNC(=NCCn1cc(C)cn1)N1CCC(c2ccccc2)C1. The van der Waals surface area contributed by atoms with E-state index in [0.717, 1.165) is 38.7 Å². The second-order valence-electron chi connectivity index (χ2n) is 6.36. The molecule has 1 saturated heterocycles. The number of hydrogen-bond donors (Lipinski definition) is 1. The molecule has 1 atom stereocenters. The van der Waals surface area contributed by atoms with Crippen LogP contribution >= 0.6 is 0 Å². The molecule has 1 fully saturated rings. The fourth-order valence-corrected chi connectivity index (χ4v) is 3.22. The van der Waals surface area contributed by atoms with Crippen LogP contribution in [0.4, 0.5) is 0 Å². The summed E-state index contributed by atoms with van der Waals surface area (Å²) in [5.41, 5.74) is 2.62. The van der Waals surface area contributed by atoms with Gasteiger partial charge in [0, 0.05) is 31.7 Å². The first kappa shape index (κ1) is 16.6. The van der Waals surface area contributed by atoms with Crippen molar-refractivity contribution in [2.75, 3.05) is 26.2 Å². The summed E-state index contributed by atoms with van der Waals surface area (Å²) in [5, 5.41) is 7.76. The van der Waals surface area contributed by atoms with E-state index < -0.39 is 0 Å². The molecular weight excluding hydrogens is 298 g/mol. The second-order valence-corrected chi connectivity index (χ2v) is 6.36. The number of rotatable bonds is 5. The predicted octanol–water partition coefficient (Wildman–Crippen LogP) is 2.65. The highest BCUT2D eigenvalue weighted by Gasteiger charge is 2.25. The van der Waals surface area contributed by atoms with Crippen molar-refractivity contribution in [2.45, 2.75) is 32.7 Å². The summed E-state index contributed by atoms with van der Waals surface area (Å²) in [7, 11) is 0. The number of hydrogen-bond acceptors (Lipinski definition) is 2. The lowest BCUT2D eigenvalue weighted by Gasteiger charge is -2.21. The number of nitrogens with one attached hydrogen (secondary N) is 1. The third kappa shape index (κ3) is 4.16. The van der Waals surface area contributed by atoms with E-state index in [2.05, 4.69) is 65.7 Å². The van der Waals surface area contributed by atoms with E-state index in [0.29, 0.717) is 5.92 Å². The van der Waals surface area contributed by atoms with Crippen LogP contribution in [0.5, 0.6) is 0 Å². The van der Waals surface area contributed by atoms with Gasteiger partial charge in [0.1, 0.15) is 0 Å².